The van der Waals surface area contributed by atoms with Gasteiger partial charge < -0.3 is 10.1 Å². The fourth-order valence-electron chi connectivity index (χ4n) is 1.24. The first-order valence-corrected chi connectivity index (χ1v) is 6.31. The Bertz CT molecular complexity index is 381. The molecule has 0 saturated heterocycles. The van der Waals surface area contributed by atoms with Crippen LogP contribution < -0.4 is 10.1 Å². The Morgan fingerprint density at radius 3 is 2.29 bits per heavy atom. The molecular weight excluding hydrogens is 282 g/mol. The molecule has 1 aromatic carbocycles. The Hall–Kier alpha value is -1.03. The third kappa shape index (κ3) is 5.22. The molecule has 1 N–H and O–H groups in total. The standard InChI is InChI=1S/C13H18BrNO2/c1-9(12(16)15-13(2,3)4)17-11-7-5-10(14)6-8-11/h5-9H,1-4H3,(H,15,16)/t9-/m1/s1. The highest BCUT2D eigenvalue weighted by atomic mass is 79.9. The van der Waals surface area contributed by atoms with Gasteiger partial charge in [0.25, 0.3) is 5.91 Å². The van der Waals surface area contributed by atoms with Crippen LogP contribution in [-0.2, 0) is 4.79 Å². The zero-order valence-corrected chi connectivity index (χ0v) is 12.2. The molecule has 1 amide bonds. The van der Waals surface area contributed by atoms with Gasteiger partial charge in [-0.25, -0.2) is 0 Å². The highest BCUT2D eigenvalue weighted by Gasteiger charge is 2.20. The minimum Gasteiger partial charge on any atom is -0.481 e. The fraction of sp³-hybridized carbons (Fsp3) is 0.462. The van der Waals surface area contributed by atoms with Gasteiger partial charge in [-0.2, -0.15) is 0 Å². The second-order valence-corrected chi connectivity index (χ2v) is 5.87. The van der Waals surface area contributed by atoms with Crippen LogP contribution in [0.2, 0.25) is 0 Å². The summed E-state index contributed by atoms with van der Waals surface area (Å²) in [5, 5.41) is 2.88. The molecule has 3 nitrogen and oxygen atoms in total. The number of hydrogen-bond donors (Lipinski definition) is 1. The average Bonchev–Trinajstić information content (AvgIpc) is 2.19. The zero-order valence-electron chi connectivity index (χ0n) is 10.6. The van der Waals surface area contributed by atoms with Gasteiger partial charge in [0.15, 0.2) is 6.10 Å². The van der Waals surface area contributed by atoms with Crippen molar-refractivity contribution in [1.29, 1.82) is 0 Å². The molecule has 0 spiro atoms. The van der Waals surface area contributed by atoms with E-state index in [2.05, 4.69) is 21.2 Å². The Morgan fingerprint density at radius 1 is 1.29 bits per heavy atom. The van der Waals surface area contributed by atoms with Crippen molar-refractivity contribution in [1.82, 2.24) is 5.32 Å². The van der Waals surface area contributed by atoms with Gasteiger partial charge >= 0.3 is 0 Å². The molecule has 0 unspecified atom stereocenters. The van der Waals surface area contributed by atoms with Gasteiger partial charge in [0.1, 0.15) is 5.75 Å². The van der Waals surface area contributed by atoms with E-state index in [1.807, 2.05) is 45.0 Å². The third-order valence-electron chi connectivity index (χ3n) is 1.99. The Kier molecular flexibility index (Phi) is 4.57. The lowest BCUT2D eigenvalue weighted by molar-refractivity contribution is -0.128. The normalized spacial score (nSPS) is 13.0. The number of carbonyl (C=O) groups excluding carboxylic acids is 1. The molecule has 94 valence electrons. The first kappa shape index (κ1) is 14.0. The van der Waals surface area contributed by atoms with E-state index in [0.29, 0.717) is 5.75 Å². The summed E-state index contributed by atoms with van der Waals surface area (Å²) in [5.74, 6) is 0.574. The Balaban J connectivity index is 2.57. The molecule has 0 fully saturated rings. The molecule has 0 aliphatic heterocycles. The van der Waals surface area contributed by atoms with Crippen LogP contribution in [0.25, 0.3) is 0 Å². The summed E-state index contributed by atoms with van der Waals surface area (Å²) in [6, 6.07) is 7.41. The van der Waals surface area contributed by atoms with E-state index >= 15 is 0 Å². The maximum absolute atomic E-state index is 11.8. The minimum atomic E-state index is -0.504. The van der Waals surface area contributed by atoms with Crippen LogP contribution in [0.4, 0.5) is 0 Å². The quantitative estimate of drug-likeness (QED) is 0.931. The van der Waals surface area contributed by atoms with Gasteiger partial charge in [0, 0.05) is 10.0 Å². The summed E-state index contributed by atoms with van der Waals surface area (Å²) in [5.41, 5.74) is -0.242. The van der Waals surface area contributed by atoms with E-state index in [-0.39, 0.29) is 11.4 Å². The van der Waals surface area contributed by atoms with E-state index in [1.165, 1.54) is 0 Å². The number of rotatable bonds is 3. The number of hydrogen-bond acceptors (Lipinski definition) is 2. The van der Waals surface area contributed by atoms with Crippen LogP contribution in [0.1, 0.15) is 27.7 Å². The molecule has 0 aliphatic rings. The van der Waals surface area contributed by atoms with Crippen molar-refractivity contribution in [3.05, 3.63) is 28.7 Å². The number of carbonyl (C=O) groups is 1. The van der Waals surface area contributed by atoms with Crippen LogP contribution in [0.5, 0.6) is 5.75 Å². The third-order valence-corrected chi connectivity index (χ3v) is 2.52. The van der Waals surface area contributed by atoms with Gasteiger partial charge in [-0.3, -0.25) is 4.79 Å². The number of benzene rings is 1. The van der Waals surface area contributed by atoms with E-state index in [9.17, 15) is 4.79 Å². The molecule has 0 saturated carbocycles. The fourth-order valence-corrected chi connectivity index (χ4v) is 1.51. The first-order chi connectivity index (χ1) is 7.78. The van der Waals surface area contributed by atoms with Gasteiger partial charge in [-0.15, -0.1) is 0 Å². The molecule has 0 radical (unpaired) electrons. The molecule has 4 heteroatoms. The van der Waals surface area contributed by atoms with E-state index in [1.54, 1.807) is 6.92 Å². The highest BCUT2D eigenvalue weighted by Crippen LogP contribution is 2.17. The first-order valence-electron chi connectivity index (χ1n) is 5.52. The average molecular weight is 300 g/mol. The second kappa shape index (κ2) is 5.54. The molecule has 1 rings (SSSR count). The van der Waals surface area contributed by atoms with Gasteiger partial charge in [-0.1, -0.05) is 15.9 Å². The van der Waals surface area contributed by atoms with Crippen LogP contribution in [0.15, 0.2) is 28.7 Å². The predicted molar refractivity (Wildman–Crippen MR) is 72.1 cm³/mol. The van der Waals surface area contributed by atoms with E-state index in [4.69, 9.17) is 4.74 Å². The number of nitrogens with one attached hydrogen (secondary N) is 1. The molecule has 0 aliphatic carbocycles. The largest absolute Gasteiger partial charge is 0.481 e. The number of amides is 1. The number of ether oxygens (including phenoxy) is 1. The second-order valence-electron chi connectivity index (χ2n) is 4.95. The monoisotopic (exact) mass is 299 g/mol. The van der Waals surface area contributed by atoms with Crippen molar-refractivity contribution in [3.63, 3.8) is 0 Å². The lowest BCUT2D eigenvalue weighted by atomic mass is 10.1. The van der Waals surface area contributed by atoms with Gasteiger partial charge in [-0.05, 0) is 52.0 Å². The molecule has 1 atom stereocenters. The summed E-state index contributed by atoms with van der Waals surface area (Å²) in [6.07, 6.45) is -0.504. The van der Waals surface area contributed by atoms with Crippen molar-refractivity contribution in [2.24, 2.45) is 0 Å². The Labute approximate surface area is 111 Å². The SMILES string of the molecule is C[C@@H](Oc1ccc(Br)cc1)C(=O)NC(C)(C)C. The van der Waals surface area contributed by atoms with Crippen LogP contribution >= 0.6 is 15.9 Å². The van der Waals surface area contributed by atoms with Crippen LogP contribution in [-0.4, -0.2) is 17.6 Å². The lowest BCUT2D eigenvalue weighted by Gasteiger charge is -2.23. The summed E-state index contributed by atoms with van der Waals surface area (Å²) < 4.78 is 6.53. The number of halogens is 1. The minimum absolute atomic E-state index is 0.111. The van der Waals surface area contributed by atoms with Crippen molar-refractivity contribution in [3.8, 4) is 5.75 Å². The zero-order chi connectivity index (χ0) is 13.1. The van der Waals surface area contributed by atoms with Crippen molar-refractivity contribution < 1.29 is 9.53 Å². The molecule has 0 aromatic heterocycles. The van der Waals surface area contributed by atoms with Crippen molar-refractivity contribution >= 4 is 21.8 Å². The Morgan fingerprint density at radius 2 is 1.82 bits per heavy atom. The van der Waals surface area contributed by atoms with Crippen LogP contribution in [0, 0.1) is 0 Å². The van der Waals surface area contributed by atoms with Crippen LogP contribution in [0.3, 0.4) is 0 Å². The summed E-state index contributed by atoms with van der Waals surface area (Å²) >= 11 is 3.35. The molecular formula is C13H18BrNO2. The maximum atomic E-state index is 11.8. The molecule has 1 aromatic rings. The maximum Gasteiger partial charge on any atom is 0.261 e. The van der Waals surface area contributed by atoms with Gasteiger partial charge in [0.2, 0.25) is 0 Å². The van der Waals surface area contributed by atoms with Crippen molar-refractivity contribution in [2.75, 3.05) is 0 Å². The van der Waals surface area contributed by atoms with Gasteiger partial charge in [0.05, 0.1) is 0 Å². The predicted octanol–water partition coefficient (Wildman–Crippen LogP) is 3.13. The molecule has 0 bridgehead atoms. The topological polar surface area (TPSA) is 38.3 Å². The van der Waals surface area contributed by atoms with E-state index in [0.717, 1.165) is 4.47 Å². The molecule has 0 heterocycles. The van der Waals surface area contributed by atoms with Crippen molar-refractivity contribution in [2.45, 2.75) is 39.3 Å². The summed E-state index contributed by atoms with van der Waals surface area (Å²) in [7, 11) is 0. The summed E-state index contributed by atoms with van der Waals surface area (Å²) in [4.78, 5) is 11.8. The molecule has 17 heavy (non-hydrogen) atoms. The summed E-state index contributed by atoms with van der Waals surface area (Å²) in [6.45, 7) is 7.56. The smallest absolute Gasteiger partial charge is 0.261 e. The lowest BCUT2D eigenvalue weighted by Crippen LogP contribution is -2.46. The highest BCUT2D eigenvalue weighted by molar-refractivity contribution is 9.10. The van der Waals surface area contributed by atoms with E-state index < -0.39 is 6.10 Å².